The number of hydrogen-bond acceptors (Lipinski definition) is 2. The predicted molar refractivity (Wildman–Crippen MR) is 81.2 cm³/mol. The maximum atomic E-state index is 13.5. The summed E-state index contributed by atoms with van der Waals surface area (Å²) in [6, 6.07) is 10.6. The fourth-order valence-corrected chi connectivity index (χ4v) is 2.14. The van der Waals surface area contributed by atoms with E-state index < -0.39 is 5.82 Å². The van der Waals surface area contributed by atoms with E-state index in [1.54, 1.807) is 13.2 Å². The van der Waals surface area contributed by atoms with Gasteiger partial charge in [0.05, 0.1) is 12.1 Å². The van der Waals surface area contributed by atoms with Crippen LogP contribution in [0.5, 0.6) is 5.75 Å². The molecule has 0 saturated carbocycles. The van der Waals surface area contributed by atoms with Crippen LogP contribution in [0.4, 0.5) is 10.1 Å². The molecule has 0 fully saturated rings. The third kappa shape index (κ3) is 3.23. The van der Waals surface area contributed by atoms with E-state index in [0.717, 1.165) is 22.6 Å². The number of aryl methyl sites for hydroxylation is 1. The molecule has 1 unspecified atom stereocenters. The summed E-state index contributed by atoms with van der Waals surface area (Å²) in [5, 5.41) is 3.50. The van der Waals surface area contributed by atoms with Gasteiger partial charge in [-0.25, -0.2) is 4.39 Å². The molecule has 0 spiro atoms. The van der Waals surface area contributed by atoms with Crippen molar-refractivity contribution in [2.24, 2.45) is 0 Å². The number of hydrogen-bond donors (Lipinski definition) is 1. The lowest BCUT2D eigenvalue weighted by molar-refractivity contribution is 0.414. The van der Waals surface area contributed by atoms with E-state index in [4.69, 9.17) is 16.3 Å². The Morgan fingerprint density at radius 2 is 1.95 bits per heavy atom. The van der Waals surface area contributed by atoms with Crippen molar-refractivity contribution in [2.75, 3.05) is 12.4 Å². The van der Waals surface area contributed by atoms with Crippen molar-refractivity contribution < 1.29 is 9.13 Å². The molecule has 1 N–H and O–H groups in total. The van der Waals surface area contributed by atoms with Crippen LogP contribution in [0, 0.1) is 12.7 Å². The number of nitrogens with one attached hydrogen (secondary N) is 1. The Morgan fingerprint density at radius 3 is 2.55 bits per heavy atom. The second kappa shape index (κ2) is 6.14. The highest BCUT2D eigenvalue weighted by Crippen LogP contribution is 2.27. The van der Waals surface area contributed by atoms with Crippen molar-refractivity contribution in [3.63, 3.8) is 0 Å². The van der Waals surface area contributed by atoms with Crippen molar-refractivity contribution in [1.82, 2.24) is 0 Å². The van der Waals surface area contributed by atoms with Gasteiger partial charge in [-0.1, -0.05) is 17.7 Å². The fraction of sp³-hybridized carbons (Fsp3) is 0.250. The first-order valence-electron chi connectivity index (χ1n) is 6.37. The van der Waals surface area contributed by atoms with E-state index in [1.165, 1.54) is 6.07 Å². The van der Waals surface area contributed by atoms with Gasteiger partial charge < -0.3 is 10.1 Å². The summed E-state index contributed by atoms with van der Waals surface area (Å²) in [5.74, 6) is 0.419. The number of halogens is 2. The molecular weight excluding hydrogens is 277 g/mol. The van der Waals surface area contributed by atoms with E-state index in [2.05, 4.69) is 5.32 Å². The molecule has 2 aromatic carbocycles. The molecule has 0 aliphatic rings. The summed E-state index contributed by atoms with van der Waals surface area (Å²) in [6.45, 7) is 3.98. The summed E-state index contributed by atoms with van der Waals surface area (Å²) < 4.78 is 18.7. The van der Waals surface area contributed by atoms with Crippen LogP contribution in [-0.4, -0.2) is 7.11 Å². The average Bonchev–Trinajstić information content (AvgIpc) is 2.43. The third-order valence-electron chi connectivity index (χ3n) is 3.25. The molecule has 0 aliphatic carbocycles. The topological polar surface area (TPSA) is 21.3 Å². The summed E-state index contributed by atoms with van der Waals surface area (Å²) >= 11 is 5.69. The van der Waals surface area contributed by atoms with E-state index >= 15 is 0 Å². The van der Waals surface area contributed by atoms with Crippen LogP contribution in [0.2, 0.25) is 5.02 Å². The van der Waals surface area contributed by atoms with Crippen LogP contribution in [0.25, 0.3) is 0 Å². The number of rotatable bonds is 4. The molecule has 0 amide bonds. The minimum Gasteiger partial charge on any atom is -0.497 e. The van der Waals surface area contributed by atoms with Gasteiger partial charge in [0.15, 0.2) is 0 Å². The third-order valence-corrected chi connectivity index (χ3v) is 3.56. The maximum Gasteiger partial charge on any atom is 0.142 e. The molecule has 2 aromatic rings. The molecule has 20 heavy (non-hydrogen) atoms. The van der Waals surface area contributed by atoms with Gasteiger partial charge in [-0.3, -0.25) is 0 Å². The first-order chi connectivity index (χ1) is 9.51. The summed E-state index contributed by atoms with van der Waals surface area (Å²) in [5.41, 5.74) is 2.92. The molecule has 0 heterocycles. The average molecular weight is 294 g/mol. The standard InChI is InChI=1S/C16H17ClFNO/c1-10-8-13(20-3)5-7-16(10)19-11(2)12-4-6-14(17)15(18)9-12/h4-9,11,19H,1-3H3. The lowest BCUT2D eigenvalue weighted by Gasteiger charge is -2.18. The smallest absolute Gasteiger partial charge is 0.142 e. The van der Waals surface area contributed by atoms with Crippen molar-refractivity contribution in [1.29, 1.82) is 0 Å². The molecule has 106 valence electrons. The van der Waals surface area contributed by atoms with Crippen molar-refractivity contribution >= 4 is 17.3 Å². The lowest BCUT2D eigenvalue weighted by Crippen LogP contribution is -2.08. The molecule has 2 nitrogen and oxygen atoms in total. The highest BCUT2D eigenvalue weighted by molar-refractivity contribution is 6.30. The highest BCUT2D eigenvalue weighted by atomic mass is 35.5. The predicted octanol–water partition coefficient (Wildman–Crippen LogP) is 4.97. The van der Waals surface area contributed by atoms with Crippen molar-refractivity contribution in [3.05, 3.63) is 58.4 Å². The molecule has 0 bridgehead atoms. The van der Waals surface area contributed by atoms with Gasteiger partial charge in [-0.2, -0.15) is 0 Å². The van der Waals surface area contributed by atoms with Crippen LogP contribution >= 0.6 is 11.6 Å². The van der Waals surface area contributed by atoms with Gasteiger partial charge in [-0.15, -0.1) is 0 Å². The zero-order valence-corrected chi connectivity index (χ0v) is 12.5. The molecule has 0 aromatic heterocycles. The fourth-order valence-electron chi connectivity index (χ4n) is 2.02. The largest absolute Gasteiger partial charge is 0.497 e. The van der Waals surface area contributed by atoms with Gasteiger partial charge in [0.1, 0.15) is 11.6 Å². The number of benzene rings is 2. The van der Waals surface area contributed by atoms with E-state index in [1.807, 2.05) is 38.1 Å². The maximum absolute atomic E-state index is 13.5. The molecule has 0 radical (unpaired) electrons. The van der Waals surface area contributed by atoms with E-state index in [-0.39, 0.29) is 11.1 Å². The molecule has 0 aliphatic heterocycles. The second-order valence-electron chi connectivity index (χ2n) is 4.72. The number of ether oxygens (including phenoxy) is 1. The Kier molecular flexibility index (Phi) is 4.50. The van der Waals surface area contributed by atoms with E-state index in [9.17, 15) is 4.39 Å². The SMILES string of the molecule is COc1ccc(NC(C)c2ccc(Cl)c(F)c2)c(C)c1. The van der Waals surface area contributed by atoms with E-state index in [0.29, 0.717) is 0 Å². The van der Waals surface area contributed by atoms with Crippen LogP contribution < -0.4 is 10.1 Å². The van der Waals surface area contributed by atoms with Crippen LogP contribution in [0.3, 0.4) is 0 Å². The zero-order chi connectivity index (χ0) is 14.7. The first-order valence-corrected chi connectivity index (χ1v) is 6.75. The minimum absolute atomic E-state index is 0.0196. The molecule has 4 heteroatoms. The number of methoxy groups -OCH3 is 1. The molecule has 0 saturated heterocycles. The Balaban J connectivity index is 2.18. The van der Waals surface area contributed by atoms with Crippen LogP contribution in [0.15, 0.2) is 36.4 Å². The van der Waals surface area contributed by atoms with Crippen molar-refractivity contribution in [3.8, 4) is 5.75 Å². The summed E-state index contributed by atoms with van der Waals surface area (Å²) in [7, 11) is 1.64. The molecular formula is C16H17ClFNO. The first kappa shape index (κ1) is 14.7. The van der Waals surface area contributed by atoms with Gasteiger partial charge in [-0.05, 0) is 55.3 Å². The van der Waals surface area contributed by atoms with Gasteiger partial charge in [0, 0.05) is 11.7 Å². The Hall–Kier alpha value is -1.74. The quantitative estimate of drug-likeness (QED) is 0.859. The minimum atomic E-state index is -0.399. The Labute approximate surface area is 123 Å². The summed E-state index contributed by atoms with van der Waals surface area (Å²) in [4.78, 5) is 0. The molecule has 1 atom stereocenters. The van der Waals surface area contributed by atoms with Crippen molar-refractivity contribution in [2.45, 2.75) is 19.9 Å². The van der Waals surface area contributed by atoms with Gasteiger partial charge in [0.2, 0.25) is 0 Å². The Bertz CT molecular complexity index is 615. The lowest BCUT2D eigenvalue weighted by atomic mass is 10.1. The monoisotopic (exact) mass is 293 g/mol. The molecule has 2 rings (SSSR count). The number of anilines is 1. The second-order valence-corrected chi connectivity index (χ2v) is 5.13. The van der Waals surface area contributed by atoms with Gasteiger partial charge >= 0.3 is 0 Å². The van der Waals surface area contributed by atoms with Crippen LogP contribution in [-0.2, 0) is 0 Å². The highest BCUT2D eigenvalue weighted by Gasteiger charge is 2.10. The Morgan fingerprint density at radius 1 is 1.20 bits per heavy atom. The van der Waals surface area contributed by atoms with Gasteiger partial charge in [0.25, 0.3) is 0 Å². The van der Waals surface area contributed by atoms with Crippen LogP contribution in [0.1, 0.15) is 24.1 Å². The zero-order valence-electron chi connectivity index (χ0n) is 11.7. The summed E-state index contributed by atoms with van der Waals surface area (Å²) in [6.07, 6.45) is 0. The normalized spacial score (nSPS) is 12.1.